The monoisotopic (exact) mass is 256 g/mol. The van der Waals surface area contributed by atoms with Crippen molar-refractivity contribution in [3.63, 3.8) is 0 Å². The molecule has 1 aliphatic rings. The van der Waals surface area contributed by atoms with E-state index in [4.69, 9.17) is 0 Å². The van der Waals surface area contributed by atoms with Crippen molar-refractivity contribution in [2.45, 2.75) is 23.7 Å². The van der Waals surface area contributed by atoms with Crippen molar-refractivity contribution in [1.29, 1.82) is 0 Å². The number of halogens is 4. The lowest BCUT2D eigenvalue weighted by atomic mass is 10.7. The topological polar surface area (TPSA) is 52.6 Å². The standard InChI is InChI=1S/C4H4F4O4S2/c1-2-11-13(9)3(5,6)4(7,8)14(10)12-2/h2H,1H3. The summed E-state index contributed by atoms with van der Waals surface area (Å²) in [5.41, 5.74) is 0. The van der Waals surface area contributed by atoms with Crippen LogP contribution >= 0.6 is 0 Å². The SMILES string of the molecule is CC1OS(=O)C(F)(F)C(F)(F)S(=O)O1. The Balaban J connectivity index is 3.16. The van der Waals surface area contributed by atoms with E-state index in [1.165, 1.54) is 0 Å². The smallest absolute Gasteiger partial charge is 0.253 e. The van der Waals surface area contributed by atoms with Crippen molar-refractivity contribution >= 4 is 22.2 Å². The van der Waals surface area contributed by atoms with Crippen LogP contribution in [0.3, 0.4) is 0 Å². The Labute approximate surface area is 80.9 Å². The second-order valence-electron chi connectivity index (χ2n) is 2.26. The highest BCUT2D eigenvalue weighted by Gasteiger charge is 2.69. The first-order valence-corrected chi connectivity index (χ1v) is 5.28. The minimum absolute atomic E-state index is 0.924. The van der Waals surface area contributed by atoms with Gasteiger partial charge in [-0.25, -0.2) is 8.42 Å². The molecule has 84 valence electrons. The molecule has 1 fully saturated rings. The Bertz CT molecular complexity index is 265. The van der Waals surface area contributed by atoms with Crippen LogP contribution in [0.1, 0.15) is 6.92 Å². The second kappa shape index (κ2) is 3.51. The number of hydrogen-bond acceptors (Lipinski definition) is 4. The van der Waals surface area contributed by atoms with Crippen LogP contribution in [0.25, 0.3) is 0 Å². The van der Waals surface area contributed by atoms with Gasteiger partial charge in [0.2, 0.25) is 22.2 Å². The lowest BCUT2D eigenvalue weighted by molar-refractivity contribution is -0.0949. The summed E-state index contributed by atoms with van der Waals surface area (Å²) in [5, 5.41) is -10.1. The Morgan fingerprint density at radius 1 is 1.00 bits per heavy atom. The molecule has 2 unspecified atom stereocenters. The predicted molar refractivity (Wildman–Crippen MR) is 37.8 cm³/mol. The zero-order valence-electron chi connectivity index (χ0n) is 6.54. The van der Waals surface area contributed by atoms with Gasteiger partial charge >= 0.3 is 10.5 Å². The molecule has 0 radical (unpaired) electrons. The van der Waals surface area contributed by atoms with Crippen LogP contribution in [0.5, 0.6) is 0 Å². The largest absolute Gasteiger partial charge is 0.421 e. The van der Waals surface area contributed by atoms with E-state index >= 15 is 0 Å². The molecule has 0 aromatic carbocycles. The van der Waals surface area contributed by atoms with Crippen LogP contribution in [-0.2, 0) is 30.5 Å². The Kier molecular flexibility index (Phi) is 3.01. The Morgan fingerprint density at radius 2 is 1.29 bits per heavy atom. The molecular formula is C4H4F4O4S2. The van der Waals surface area contributed by atoms with Gasteiger partial charge in [0.15, 0.2) is 6.29 Å². The van der Waals surface area contributed by atoms with Crippen LogP contribution in [0.4, 0.5) is 17.6 Å². The van der Waals surface area contributed by atoms with E-state index in [1.807, 2.05) is 0 Å². The van der Waals surface area contributed by atoms with Crippen molar-refractivity contribution in [3.8, 4) is 0 Å². The van der Waals surface area contributed by atoms with Crippen molar-refractivity contribution in [2.24, 2.45) is 0 Å². The molecule has 10 heteroatoms. The predicted octanol–water partition coefficient (Wildman–Crippen LogP) is 0.892. The summed E-state index contributed by atoms with van der Waals surface area (Å²) >= 11 is -7.18. The van der Waals surface area contributed by atoms with Crippen molar-refractivity contribution in [3.05, 3.63) is 0 Å². The first kappa shape index (κ1) is 12.0. The van der Waals surface area contributed by atoms with Gasteiger partial charge in [0.25, 0.3) is 0 Å². The molecule has 0 bridgehead atoms. The van der Waals surface area contributed by atoms with Gasteiger partial charge in [0, 0.05) is 0 Å². The van der Waals surface area contributed by atoms with Crippen molar-refractivity contribution in [1.82, 2.24) is 0 Å². The summed E-state index contributed by atoms with van der Waals surface area (Å²) < 4.78 is 79.3. The van der Waals surface area contributed by atoms with Crippen LogP contribution in [-0.4, -0.2) is 25.2 Å². The maximum Gasteiger partial charge on any atom is 0.421 e. The highest BCUT2D eigenvalue weighted by atomic mass is 32.2. The van der Waals surface area contributed by atoms with Crippen molar-refractivity contribution < 1.29 is 34.3 Å². The summed E-state index contributed by atoms with van der Waals surface area (Å²) in [6.45, 7) is 0.924. The molecule has 4 nitrogen and oxygen atoms in total. The lowest BCUT2D eigenvalue weighted by Gasteiger charge is -2.18. The summed E-state index contributed by atoms with van der Waals surface area (Å²) in [6.07, 6.45) is -1.66. The zero-order valence-corrected chi connectivity index (χ0v) is 8.17. The van der Waals surface area contributed by atoms with E-state index in [2.05, 4.69) is 8.37 Å². The molecule has 1 saturated heterocycles. The van der Waals surface area contributed by atoms with Gasteiger partial charge in [0.05, 0.1) is 0 Å². The normalized spacial score (nSPS) is 41.6. The number of rotatable bonds is 0. The van der Waals surface area contributed by atoms with Gasteiger partial charge in [0.1, 0.15) is 0 Å². The number of hydrogen-bond donors (Lipinski definition) is 0. The first-order chi connectivity index (χ1) is 6.19. The average molecular weight is 256 g/mol. The fourth-order valence-corrected chi connectivity index (χ4v) is 2.24. The van der Waals surface area contributed by atoms with Crippen molar-refractivity contribution in [2.75, 3.05) is 0 Å². The molecule has 0 aromatic heterocycles. The van der Waals surface area contributed by atoms with E-state index < -0.39 is 39.0 Å². The third-order valence-corrected chi connectivity index (χ3v) is 3.57. The van der Waals surface area contributed by atoms with E-state index in [9.17, 15) is 26.0 Å². The molecule has 0 amide bonds. The van der Waals surface area contributed by atoms with E-state index in [-0.39, 0.29) is 0 Å². The first-order valence-electron chi connectivity index (χ1n) is 3.13. The van der Waals surface area contributed by atoms with Crippen LogP contribution < -0.4 is 0 Å². The molecule has 1 heterocycles. The van der Waals surface area contributed by atoms with Gasteiger partial charge < -0.3 is 0 Å². The molecule has 0 N–H and O–H groups in total. The Hall–Kier alpha value is -0.0600. The summed E-state index contributed by atoms with van der Waals surface area (Å²) in [4.78, 5) is 0. The zero-order chi connectivity index (χ0) is 11.1. The molecule has 2 atom stereocenters. The molecular weight excluding hydrogens is 252 g/mol. The molecule has 1 rings (SSSR count). The third kappa shape index (κ3) is 1.71. The molecule has 1 aliphatic heterocycles. The van der Waals surface area contributed by atoms with Crippen LogP contribution in [0.2, 0.25) is 0 Å². The summed E-state index contributed by atoms with van der Waals surface area (Å²) in [7, 11) is 0. The quantitative estimate of drug-likeness (QED) is 0.604. The van der Waals surface area contributed by atoms with Crippen LogP contribution in [0.15, 0.2) is 0 Å². The fourth-order valence-electron chi connectivity index (χ4n) is 0.577. The fraction of sp³-hybridized carbons (Fsp3) is 1.00. The van der Waals surface area contributed by atoms with E-state index in [0.29, 0.717) is 0 Å². The third-order valence-electron chi connectivity index (χ3n) is 1.20. The average Bonchev–Trinajstić information content (AvgIpc) is 2.05. The highest BCUT2D eigenvalue weighted by molar-refractivity contribution is 7.86. The second-order valence-corrected chi connectivity index (χ2v) is 4.61. The summed E-state index contributed by atoms with van der Waals surface area (Å²) in [6, 6.07) is 0. The summed E-state index contributed by atoms with van der Waals surface area (Å²) in [5.74, 6) is 0. The molecule has 0 aliphatic carbocycles. The van der Waals surface area contributed by atoms with E-state index in [1.54, 1.807) is 0 Å². The molecule has 0 aromatic rings. The van der Waals surface area contributed by atoms with Crippen LogP contribution in [0, 0.1) is 0 Å². The van der Waals surface area contributed by atoms with Gasteiger partial charge in [-0.05, 0) is 6.92 Å². The van der Waals surface area contributed by atoms with Gasteiger partial charge in [-0.2, -0.15) is 17.6 Å². The minimum atomic E-state index is -5.04. The Morgan fingerprint density at radius 3 is 1.57 bits per heavy atom. The van der Waals surface area contributed by atoms with Gasteiger partial charge in [-0.3, -0.25) is 8.37 Å². The minimum Gasteiger partial charge on any atom is -0.253 e. The van der Waals surface area contributed by atoms with Gasteiger partial charge in [-0.1, -0.05) is 0 Å². The maximum atomic E-state index is 12.6. The molecule has 14 heavy (non-hydrogen) atoms. The van der Waals surface area contributed by atoms with Gasteiger partial charge in [-0.15, -0.1) is 0 Å². The van der Waals surface area contributed by atoms with E-state index in [0.717, 1.165) is 6.92 Å². The molecule has 0 spiro atoms. The molecule has 0 saturated carbocycles. The maximum absolute atomic E-state index is 12.6. The highest BCUT2D eigenvalue weighted by Crippen LogP contribution is 2.43. The number of alkyl halides is 4. The lowest BCUT2D eigenvalue weighted by Crippen LogP contribution is -2.45.